The van der Waals surface area contributed by atoms with Gasteiger partial charge in [0.2, 0.25) is 0 Å². The van der Waals surface area contributed by atoms with Crippen LogP contribution in [0.3, 0.4) is 0 Å². The highest BCUT2D eigenvalue weighted by molar-refractivity contribution is 5.84. The average Bonchev–Trinajstić information content (AvgIpc) is 2.66. The molecule has 0 heterocycles. The summed E-state index contributed by atoms with van der Waals surface area (Å²) >= 11 is 0. The lowest BCUT2D eigenvalue weighted by molar-refractivity contribution is -0.128. The van der Waals surface area contributed by atoms with Crippen LogP contribution in [0.25, 0.3) is 10.8 Å². The summed E-state index contributed by atoms with van der Waals surface area (Å²) in [6, 6.07) is 23.9. The molecule has 0 bridgehead atoms. The van der Waals surface area contributed by atoms with Gasteiger partial charge in [-0.25, -0.2) is 0 Å². The third kappa shape index (κ3) is 4.18. The fraction of sp³-hybridized carbons (Fsp3) is 0.227. The van der Waals surface area contributed by atoms with E-state index in [-0.39, 0.29) is 11.9 Å². The molecule has 3 heteroatoms. The third-order valence-corrected chi connectivity index (χ3v) is 4.32. The average molecular weight is 333 g/mol. The Balaban J connectivity index is 1.69. The lowest BCUT2D eigenvalue weighted by Gasteiger charge is -2.21. The largest absolute Gasteiger partial charge is 0.481 e. The molecule has 3 aromatic rings. The van der Waals surface area contributed by atoms with Crippen molar-refractivity contribution < 1.29 is 9.53 Å². The minimum absolute atomic E-state index is 0.0782. The van der Waals surface area contributed by atoms with Crippen LogP contribution in [0, 0.1) is 0 Å². The minimum Gasteiger partial charge on any atom is -0.481 e. The molecule has 3 nitrogen and oxygen atoms in total. The number of hydrogen-bond donors (Lipinski definition) is 1. The number of para-hydroxylation sites is 1. The molecule has 3 rings (SSSR count). The zero-order valence-electron chi connectivity index (χ0n) is 14.6. The molecule has 1 amide bonds. The number of carbonyl (C=O) groups is 1. The van der Waals surface area contributed by atoms with E-state index in [1.165, 1.54) is 10.8 Å². The lowest BCUT2D eigenvalue weighted by Crippen LogP contribution is -2.39. The van der Waals surface area contributed by atoms with Gasteiger partial charge in [-0.1, -0.05) is 61.5 Å². The SMILES string of the molecule is CCC(Oc1ccccc1)C(=O)NC(C)c1ccc2ccccc2c1. The molecule has 0 saturated carbocycles. The Morgan fingerprint density at radius 3 is 2.36 bits per heavy atom. The predicted octanol–water partition coefficient (Wildman–Crippen LogP) is 4.87. The van der Waals surface area contributed by atoms with Crippen molar-refractivity contribution in [3.63, 3.8) is 0 Å². The van der Waals surface area contributed by atoms with Crippen LogP contribution >= 0.6 is 0 Å². The Hall–Kier alpha value is -2.81. The molecule has 0 spiro atoms. The van der Waals surface area contributed by atoms with Gasteiger partial charge in [0, 0.05) is 0 Å². The minimum atomic E-state index is -0.495. The van der Waals surface area contributed by atoms with Crippen molar-refractivity contribution in [3.8, 4) is 5.75 Å². The second kappa shape index (κ2) is 7.84. The van der Waals surface area contributed by atoms with Gasteiger partial charge in [-0.3, -0.25) is 4.79 Å². The number of fused-ring (bicyclic) bond motifs is 1. The van der Waals surface area contributed by atoms with E-state index >= 15 is 0 Å². The van der Waals surface area contributed by atoms with Crippen molar-refractivity contribution >= 4 is 16.7 Å². The van der Waals surface area contributed by atoms with Crippen molar-refractivity contribution in [1.29, 1.82) is 0 Å². The molecular formula is C22H23NO2. The van der Waals surface area contributed by atoms with Gasteiger partial charge in [0.05, 0.1) is 6.04 Å². The van der Waals surface area contributed by atoms with Crippen LogP contribution < -0.4 is 10.1 Å². The second-order valence-corrected chi connectivity index (χ2v) is 6.16. The van der Waals surface area contributed by atoms with Gasteiger partial charge in [-0.05, 0) is 47.9 Å². The number of rotatable bonds is 6. The fourth-order valence-electron chi connectivity index (χ4n) is 2.85. The molecule has 2 unspecified atom stereocenters. The highest BCUT2D eigenvalue weighted by Crippen LogP contribution is 2.21. The van der Waals surface area contributed by atoms with Gasteiger partial charge in [0.25, 0.3) is 5.91 Å². The normalized spacial score (nSPS) is 13.2. The maximum absolute atomic E-state index is 12.6. The summed E-state index contributed by atoms with van der Waals surface area (Å²) in [6.07, 6.45) is 0.121. The van der Waals surface area contributed by atoms with E-state index in [0.29, 0.717) is 12.2 Å². The van der Waals surface area contributed by atoms with Crippen molar-refractivity contribution in [1.82, 2.24) is 5.32 Å². The first-order chi connectivity index (χ1) is 12.2. The Bertz CT molecular complexity index is 845. The smallest absolute Gasteiger partial charge is 0.261 e. The first kappa shape index (κ1) is 17.0. The van der Waals surface area contributed by atoms with Crippen LogP contribution in [-0.2, 0) is 4.79 Å². The molecule has 0 aliphatic heterocycles. The summed E-state index contributed by atoms with van der Waals surface area (Å²) in [6.45, 7) is 3.95. The van der Waals surface area contributed by atoms with E-state index in [0.717, 1.165) is 5.56 Å². The van der Waals surface area contributed by atoms with Crippen molar-refractivity contribution in [3.05, 3.63) is 78.4 Å². The van der Waals surface area contributed by atoms with Crippen LogP contribution in [0.4, 0.5) is 0 Å². The number of hydrogen-bond acceptors (Lipinski definition) is 2. The molecule has 0 saturated heterocycles. The topological polar surface area (TPSA) is 38.3 Å². The van der Waals surface area contributed by atoms with E-state index in [1.807, 2.05) is 56.3 Å². The highest BCUT2D eigenvalue weighted by atomic mass is 16.5. The molecule has 3 aromatic carbocycles. The van der Waals surface area contributed by atoms with Gasteiger partial charge < -0.3 is 10.1 Å². The van der Waals surface area contributed by atoms with Gasteiger partial charge in [0.1, 0.15) is 5.75 Å². The molecule has 2 atom stereocenters. The van der Waals surface area contributed by atoms with Gasteiger partial charge in [-0.15, -0.1) is 0 Å². The van der Waals surface area contributed by atoms with Gasteiger partial charge >= 0.3 is 0 Å². The highest BCUT2D eigenvalue weighted by Gasteiger charge is 2.20. The number of carbonyl (C=O) groups excluding carboxylic acids is 1. The molecule has 1 N–H and O–H groups in total. The number of amides is 1. The standard InChI is InChI=1S/C22H23NO2/c1-3-21(25-20-11-5-4-6-12-20)22(24)23-16(2)18-14-13-17-9-7-8-10-19(17)15-18/h4-16,21H,3H2,1-2H3,(H,23,24). The van der Waals surface area contributed by atoms with Crippen molar-refractivity contribution in [2.24, 2.45) is 0 Å². The summed E-state index contributed by atoms with van der Waals surface area (Å²) in [4.78, 5) is 12.6. The van der Waals surface area contributed by atoms with Crippen LogP contribution in [0.5, 0.6) is 5.75 Å². The van der Waals surface area contributed by atoms with E-state index in [1.54, 1.807) is 0 Å². The molecule has 0 aliphatic rings. The molecule has 0 aromatic heterocycles. The summed E-state index contributed by atoms with van der Waals surface area (Å²) < 4.78 is 5.82. The van der Waals surface area contributed by atoms with Crippen LogP contribution in [0.2, 0.25) is 0 Å². The second-order valence-electron chi connectivity index (χ2n) is 6.16. The third-order valence-electron chi connectivity index (χ3n) is 4.32. The number of ether oxygens (including phenoxy) is 1. The van der Waals surface area contributed by atoms with E-state index in [2.05, 4.69) is 35.6 Å². The quantitative estimate of drug-likeness (QED) is 0.698. The zero-order valence-corrected chi connectivity index (χ0v) is 14.6. The first-order valence-corrected chi connectivity index (χ1v) is 8.68. The van der Waals surface area contributed by atoms with E-state index in [9.17, 15) is 4.79 Å². The van der Waals surface area contributed by atoms with E-state index < -0.39 is 6.10 Å². The summed E-state index contributed by atoms with van der Waals surface area (Å²) in [5, 5.41) is 5.44. The summed E-state index contributed by atoms with van der Waals surface area (Å²) in [5.74, 6) is 0.620. The Morgan fingerprint density at radius 1 is 0.960 bits per heavy atom. The molecule has 0 radical (unpaired) electrons. The maximum Gasteiger partial charge on any atom is 0.261 e. The zero-order chi connectivity index (χ0) is 17.6. The van der Waals surface area contributed by atoms with Crippen LogP contribution in [-0.4, -0.2) is 12.0 Å². The first-order valence-electron chi connectivity index (χ1n) is 8.68. The van der Waals surface area contributed by atoms with Gasteiger partial charge in [0.15, 0.2) is 6.10 Å². The fourth-order valence-corrected chi connectivity index (χ4v) is 2.85. The summed E-state index contributed by atoms with van der Waals surface area (Å²) in [7, 11) is 0. The molecular weight excluding hydrogens is 310 g/mol. The Morgan fingerprint density at radius 2 is 1.64 bits per heavy atom. The van der Waals surface area contributed by atoms with Crippen LogP contribution in [0.1, 0.15) is 31.9 Å². The Labute approximate surface area is 148 Å². The molecule has 128 valence electrons. The predicted molar refractivity (Wildman–Crippen MR) is 102 cm³/mol. The lowest BCUT2D eigenvalue weighted by atomic mass is 10.0. The Kier molecular flexibility index (Phi) is 5.34. The monoisotopic (exact) mass is 333 g/mol. The maximum atomic E-state index is 12.6. The summed E-state index contributed by atoms with van der Waals surface area (Å²) in [5.41, 5.74) is 1.08. The van der Waals surface area contributed by atoms with Crippen molar-refractivity contribution in [2.45, 2.75) is 32.4 Å². The van der Waals surface area contributed by atoms with E-state index in [4.69, 9.17) is 4.74 Å². The molecule has 0 fully saturated rings. The van der Waals surface area contributed by atoms with Crippen molar-refractivity contribution in [2.75, 3.05) is 0 Å². The molecule has 25 heavy (non-hydrogen) atoms. The van der Waals surface area contributed by atoms with Crippen LogP contribution in [0.15, 0.2) is 72.8 Å². The molecule has 0 aliphatic carbocycles. The number of benzene rings is 3. The number of nitrogens with one attached hydrogen (secondary N) is 1. The van der Waals surface area contributed by atoms with Gasteiger partial charge in [-0.2, -0.15) is 0 Å².